The van der Waals surface area contributed by atoms with Gasteiger partial charge in [-0.2, -0.15) is 0 Å². The van der Waals surface area contributed by atoms with Gasteiger partial charge in [0, 0.05) is 19.8 Å². The largest absolute Gasteiger partial charge is 0.382 e. The van der Waals surface area contributed by atoms with Crippen LogP contribution < -0.4 is 0 Å². The molecule has 0 atom stereocenters. The first-order chi connectivity index (χ1) is 4.77. The zero-order chi connectivity index (χ0) is 7.82. The molecule has 0 aromatic carbocycles. The maximum Gasteiger partial charge on any atom is 0.0469 e. The quantitative estimate of drug-likeness (QED) is 0.519. The van der Waals surface area contributed by atoms with Crippen molar-refractivity contribution in [2.75, 3.05) is 33.9 Å². The van der Waals surface area contributed by atoms with Crippen LogP contribution in [-0.2, 0) is 4.74 Å². The highest BCUT2D eigenvalue weighted by Crippen LogP contribution is 1.89. The van der Waals surface area contributed by atoms with Crippen molar-refractivity contribution < 1.29 is 4.74 Å². The van der Waals surface area contributed by atoms with Gasteiger partial charge in [-0.15, -0.1) is 0 Å². The van der Waals surface area contributed by atoms with Crippen LogP contribution in [-0.4, -0.2) is 38.8 Å². The van der Waals surface area contributed by atoms with Gasteiger partial charge in [-0.05, 0) is 33.9 Å². The lowest BCUT2D eigenvalue weighted by molar-refractivity contribution is 0.149. The van der Waals surface area contributed by atoms with Gasteiger partial charge in [0.1, 0.15) is 0 Å². The van der Waals surface area contributed by atoms with Crippen molar-refractivity contribution in [3.05, 3.63) is 6.42 Å². The third-order valence-electron chi connectivity index (χ3n) is 1.16. The monoisotopic (exact) mass is 144 g/mol. The van der Waals surface area contributed by atoms with E-state index >= 15 is 0 Å². The summed E-state index contributed by atoms with van der Waals surface area (Å²) in [5.74, 6) is 0. The standard InChI is InChI=1S/C8H18NO/c1-4-10-8-6-5-7-9(2)3/h5H,4,6-8H2,1-3H3. The van der Waals surface area contributed by atoms with Crippen molar-refractivity contribution in [2.24, 2.45) is 0 Å². The Hall–Kier alpha value is -0.0800. The zero-order valence-corrected chi connectivity index (χ0v) is 7.26. The number of hydrogen-bond acceptors (Lipinski definition) is 2. The molecule has 0 aliphatic heterocycles. The average Bonchev–Trinajstić information content (AvgIpc) is 1.87. The van der Waals surface area contributed by atoms with E-state index in [0.717, 1.165) is 26.2 Å². The van der Waals surface area contributed by atoms with Crippen molar-refractivity contribution in [3.63, 3.8) is 0 Å². The van der Waals surface area contributed by atoms with E-state index in [9.17, 15) is 0 Å². The Labute approximate surface area is 64.2 Å². The Bertz CT molecular complexity index is 64.3. The van der Waals surface area contributed by atoms with Crippen LogP contribution in [0, 0.1) is 6.42 Å². The first-order valence-corrected chi connectivity index (χ1v) is 3.81. The summed E-state index contributed by atoms with van der Waals surface area (Å²) in [6.07, 6.45) is 3.29. The minimum Gasteiger partial charge on any atom is -0.382 e. The smallest absolute Gasteiger partial charge is 0.0469 e. The maximum absolute atomic E-state index is 5.17. The van der Waals surface area contributed by atoms with E-state index in [2.05, 4.69) is 25.4 Å². The van der Waals surface area contributed by atoms with Crippen molar-refractivity contribution in [2.45, 2.75) is 13.3 Å². The first-order valence-electron chi connectivity index (χ1n) is 3.81. The molecule has 0 aliphatic carbocycles. The lowest BCUT2D eigenvalue weighted by atomic mass is 10.3. The summed E-state index contributed by atoms with van der Waals surface area (Å²) in [7, 11) is 4.13. The fourth-order valence-corrected chi connectivity index (χ4v) is 0.660. The molecule has 0 unspecified atom stereocenters. The van der Waals surface area contributed by atoms with E-state index in [-0.39, 0.29) is 0 Å². The van der Waals surface area contributed by atoms with Crippen molar-refractivity contribution in [1.29, 1.82) is 0 Å². The Morgan fingerprint density at radius 3 is 2.60 bits per heavy atom. The summed E-state index contributed by atoms with van der Waals surface area (Å²) in [5, 5.41) is 0. The van der Waals surface area contributed by atoms with Gasteiger partial charge in [0.2, 0.25) is 0 Å². The van der Waals surface area contributed by atoms with Gasteiger partial charge in [0.05, 0.1) is 0 Å². The molecular formula is C8H18NO. The molecule has 0 heterocycles. The van der Waals surface area contributed by atoms with E-state index in [1.807, 2.05) is 6.92 Å². The molecule has 10 heavy (non-hydrogen) atoms. The summed E-state index contributed by atoms with van der Waals surface area (Å²) < 4.78 is 5.17. The molecule has 0 rings (SSSR count). The molecule has 0 aromatic heterocycles. The molecule has 61 valence electrons. The van der Waals surface area contributed by atoms with Crippen LogP contribution in [0.2, 0.25) is 0 Å². The molecule has 0 N–H and O–H groups in total. The van der Waals surface area contributed by atoms with E-state index in [0.29, 0.717) is 0 Å². The van der Waals surface area contributed by atoms with Gasteiger partial charge in [0.25, 0.3) is 0 Å². The fourth-order valence-electron chi connectivity index (χ4n) is 0.660. The summed E-state index contributed by atoms with van der Waals surface area (Å²) in [4.78, 5) is 2.14. The van der Waals surface area contributed by atoms with Crippen LogP contribution in [0.15, 0.2) is 0 Å². The lowest BCUT2D eigenvalue weighted by Crippen LogP contribution is -2.13. The highest BCUT2D eigenvalue weighted by Gasteiger charge is 1.90. The number of nitrogens with zero attached hydrogens (tertiary/aromatic N) is 1. The van der Waals surface area contributed by atoms with E-state index in [1.165, 1.54) is 0 Å². The highest BCUT2D eigenvalue weighted by molar-refractivity contribution is 4.66. The Kier molecular flexibility index (Phi) is 6.98. The maximum atomic E-state index is 5.17. The van der Waals surface area contributed by atoms with Crippen LogP contribution in [0.3, 0.4) is 0 Å². The molecule has 2 nitrogen and oxygen atoms in total. The third-order valence-corrected chi connectivity index (χ3v) is 1.16. The minimum absolute atomic E-state index is 0.829. The molecule has 2 heteroatoms. The number of rotatable bonds is 6. The molecule has 0 spiro atoms. The molecule has 0 saturated heterocycles. The van der Waals surface area contributed by atoms with Crippen molar-refractivity contribution >= 4 is 0 Å². The Morgan fingerprint density at radius 2 is 2.10 bits per heavy atom. The van der Waals surface area contributed by atoms with Gasteiger partial charge < -0.3 is 9.64 Å². The molecule has 0 bridgehead atoms. The van der Waals surface area contributed by atoms with E-state index in [1.54, 1.807) is 0 Å². The molecule has 0 saturated carbocycles. The lowest BCUT2D eigenvalue weighted by Gasteiger charge is -2.07. The summed E-state index contributed by atoms with van der Waals surface area (Å²) in [6, 6.07) is 0. The normalized spacial score (nSPS) is 10.8. The number of ether oxygens (including phenoxy) is 1. The van der Waals surface area contributed by atoms with Crippen LogP contribution >= 0.6 is 0 Å². The van der Waals surface area contributed by atoms with E-state index in [4.69, 9.17) is 4.74 Å². The topological polar surface area (TPSA) is 12.5 Å². The minimum atomic E-state index is 0.829. The molecule has 1 radical (unpaired) electrons. The SMILES string of the molecule is CCOCC[CH]CN(C)C. The van der Waals surface area contributed by atoms with Gasteiger partial charge in [-0.1, -0.05) is 0 Å². The van der Waals surface area contributed by atoms with Gasteiger partial charge >= 0.3 is 0 Å². The zero-order valence-electron chi connectivity index (χ0n) is 7.26. The summed E-state index contributed by atoms with van der Waals surface area (Å²) in [6.45, 7) is 4.76. The predicted molar refractivity (Wildman–Crippen MR) is 44.0 cm³/mol. The average molecular weight is 144 g/mol. The van der Waals surface area contributed by atoms with Crippen LogP contribution in [0.5, 0.6) is 0 Å². The predicted octanol–water partition coefficient (Wildman–Crippen LogP) is 1.18. The summed E-state index contributed by atoms with van der Waals surface area (Å²) in [5.41, 5.74) is 0. The molecule has 0 aromatic rings. The molecule has 0 amide bonds. The second kappa shape index (κ2) is 7.03. The first kappa shape index (κ1) is 9.92. The van der Waals surface area contributed by atoms with Gasteiger partial charge in [-0.3, -0.25) is 0 Å². The highest BCUT2D eigenvalue weighted by atomic mass is 16.5. The van der Waals surface area contributed by atoms with E-state index < -0.39 is 0 Å². The van der Waals surface area contributed by atoms with Crippen molar-refractivity contribution in [3.8, 4) is 0 Å². The van der Waals surface area contributed by atoms with Crippen LogP contribution in [0.4, 0.5) is 0 Å². The Balaban J connectivity index is 2.77. The second-order valence-corrected chi connectivity index (χ2v) is 2.54. The second-order valence-electron chi connectivity index (χ2n) is 2.54. The van der Waals surface area contributed by atoms with Gasteiger partial charge in [-0.25, -0.2) is 0 Å². The summed E-state index contributed by atoms with van der Waals surface area (Å²) >= 11 is 0. The molecule has 0 fully saturated rings. The molecule has 0 aliphatic rings. The van der Waals surface area contributed by atoms with Gasteiger partial charge in [0.15, 0.2) is 0 Å². The van der Waals surface area contributed by atoms with Crippen molar-refractivity contribution in [1.82, 2.24) is 4.90 Å². The number of hydrogen-bond donors (Lipinski definition) is 0. The van der Waals surface area contributed by atoms with Crippen LogP contribution in [0.25, 0.3) is 0 Å². The van der Waals surface area contributed by atoms with Crippen LogP contribution in [0.1, 0.15) is 13.3 Å². The molecular weight excluding hydrogens is 126 g/mol. The fraction of sp³-hybridized carbons (Fsp3) is 0.875. The Morgan fingerprint density at radius 1 is 1.40 bits per heavy atom. The number of unbranched alkanes of at least 4 members (excludes halogenated alkanes) is 1. The third kappa shape index (κ3) is 7.92.